The predicted molar refractivity (Wildman–Crippen MR) is 78.2 cm³/mol. The average molecular weight is 274 g/mol. The van der Waals surface area contributed by atoms with Gasteiger partial charge in [-0.3, -0.25) is 4.90 Å². The summed E-state index contributed by atoms with van der Waals surface area (Å²) in [5.41, 5.74) is 2.14. The number of hydrogen-bond donors (Lipinski definition) is 1. The van der Waals surface area contributed by atoms with Crippen molar-refractivity contribution in [1.29, 1.82) is 0 Å². The second-order valence-electron chi connectivity index (χ2n) is 5.35. The smallest absolute Gasteiger partial charge is 0.146 e. The summed E-state index contributed by atoms with van der Waals surface area (Å²) in [7, 11) is 3.93. The molecule has 1 unspecified atom stereocenters. The zero-order chi connectivity index (χ0) is 14.7. The van der Waals surface area contributed by atoms with Crippen molar-refractivity contribution < 1.29 is 5.11 Å². The van der Waals surface area contributed by atoms with Gasteiger partial charge >= 0.3 is 0 Å². The van der Waals surface area contributed by atoms with Crippen molar-refractivity contribution in [3.8, 4) is 0 Å². The van der Waals surface area contributed by atoms with Crippen LogP contribution in [0.25, 0.3) is 0 Å². The summed E-state index contributed by atoms with van der Waals surface area (Å²) in [4.78, 5) is 2.05. The number of benzene rings is 1. The van der Waals surface area contributed by atoms with E-state index in [1.54, 1.807) is 0 Å². The molecule has 108 valence electrons. The molecule has 2 rings (SSSR count). The van der Waals surface area contributed by atoms with Crippen LogP contribution in [0.1, 0.15) is 28.9 Å². The van der Waals surface area contributed by atoms with Crippen LogP contribution in [0.15, 0.2) is 24.3 Å². The lowest BCUT2D eigenvalue weighted by Crippen LogP contribution is -2.25. The Kier molecular flexibility index (Phi) is 4.52. The molecular weight excluding hydrogens is 252 g/mol. The lowest BCUT2D eigenvalue weighted by molar-refractivity contribution is 0.122. The van der Waals surface area contributed by atoms with Crippen LogP contribution in [-0.4, -0.2) is 38.4 Å². The molecule has 1 aromatic carbocycles. The minimum absolute atomic E-state index is 0.491. The summed E-state index contributed by atoms with van der Waals surface area (Å²) in [6, 6.07) is 7.98. The van der Waals surface area contributed by atoms with Crippen LogP contribution in [0.5, 0.6) is 0 Å². The number of aromatic nitrogens is 3. The van der Waals surface area contributed by atoms with E-state index < -0.39 is 6.10 Å². The Labute approximate surface area is 119 Å². The number of nitrogens with zero attached hydrogens (tertiary/aromatic N) is 4. The maximum Gasteiger partial charge on any atom is 0.146 e. The molecule has 5 heteroatoms. The van der Waals surface area contributed by atoms with Crippen molar-refractivity contribution in [2.24, 2.45) is 7.05 Å². The number of hydrogen-bond acceptors (Lipinski definition) is 4. The number of aliphatic hydroxyl groups is 1. The van der Waals surface area contributed by atoms with Gasteiger partial charge in [0, 0.05) is 13.6 Å². The van der Waals surface area contributed by atoms with E-state index in [4.69, 9.17) is 0 Å². The van der Waals surface area contributed by atoms with Crippen LogP contribution in [-0.2, 0) is 13.6 Å². The van der Waals surface area contributed by atoms with Crippen molar-refractivity contribution in [3.05, 3.63) is 47.0 Å². The van der Waals surface area contributed by atoms with Crippen LogP contribution >= 0.6 is 0 Å². The van der Waals surface area contributed by atoms with Crippen LogP contribution in [0.2, 0.25) is 0 Å². The van der Waals surface area contributed by atoms with Gasteiger partial charge in [0.15, 0.2) is 0 Å². The maximum atomic E-state index is 10.2. The Morgan fingerprint density at radius 1 is 1.20 bits per heavy atom. The van der Waals surface area contributed by atoms with Crippen molar-refractivity contribution in [2.75, 3.05) is 13.6 Å². The fraction of sp³-hybridized carbons (Fsp3) is 0.467. The van der Waals surface area contributed by atoms with Crippen molar-refractivity contribution in [3.63, 3.8) is 0 Å². The first-order chi connectivity index (χ1) is 9.47. The summed E-state index contributed by atoms with van der Waals surface area (Å²) in [5, 5.41) is 18.4. The number of aryl methyl sites for hydroxylation is 2. The molecule has 0 amide bonds. The van der Waals surface area contributed by atoms with Gasteiger partial charge in [-0.2, -0.15) is 0 Å². The van der Waals surface area contributed by atoms with Gasteiger partial charge in [0.2, 0.25) is 0 Å². The molecule has 1 heterocycles. The van der Waals surface area contributed by atoms with E-state index in [0.29, 0.717) is 13.1 Å². The molecule has 0 aliphatic heterocycles. The molecule has 0 saturated carbocycles. The molecule has 0 spiro atoms. The fourth-order valence-corrected chi connectivity index (χ4v) is 2.08. The second-order valence-corrected chi connectivity index (χ2v) is 5.35. The lowest BCUT2D eigenvalue weighted by Gasteiger charge is -2.20. The predicted octanol–water partition coefficient (Wildman–Crippen LogP) is 1.60. The quantitative estimate of drug-likeness (QED) is 0.900. The number of aliphatic hydroxyl groups excluding tert-OH is 1. The molecule has 0 saturated heterocycles. The topological polar surface area (TPSA) is 54.2 Å². The minimum atomic E-state index is -0.491. The van der Waals surface area contributed by atoms with Gasteiger partial charge in [-0.15, -0.1) is 10.2 Å². The highest BCUT2D eigenvalue weighted by Gasteiger charge is 2.13. The molecule has 0 bridgehead atoms. The molecule has 20 heavy (non-hydrogen) atoms. The van der Waals surface area contributed by atoms with Crippen molar-refractivity contribution in [1.82, 2.24) is 19.7 Å². The zero-order valence-electron chi connectivity index (χ0n) is 12.5. The Hall–Kier alpha value is -1.72. The second kappa shape index (κ2) is 6.15. The largest absolute Gasteiger partial charge is 0.387 e. The van der Waals surface area contributed by atoms with Crippen molar-refractivity contribution in [2.45, 2.75) is 26.5 Å². The molecule has 1 aromatic heterocycles. The Morgan fingerprint density at radius 2 is 1.85 bits per heavy atom. The van der Waals surface area contributed by atoms with Crippen LogP contribution in [0, 0.1) is 13.8 Å². The minimum Gasteiger partial charge on any atom is -0.387 e. The maximum absolute atomic E-state index is 10.2. The SMILES string of the molecule is Cc1ccc(C(O)CN(C)Cc2nnc(C)n2C)cc1. The van der Waals surface area contributed by atoms with E-state index in [0.717, 1.165) is 17.2 Å². The molecule has 5 nitrogen and oxygen atoms in total. The highest BCUT2D eigenvalue weighted by atomic mass is 16.3. The molecule has 2 aromatic rings. The summed E-state index contributed by atoms with van der Waals surface area (Å²) in [5.74, 6) is 1.80. The van der Waals surface area contributed by atoms with Crippen molar-refractivity contribution >= 4 is 0 Å². The van der Waals surface area contributed by atoms with E-state index in [9.17, 15) is 5.11 Å². The summed E-state index contributed by atoms with van der Waals surface area (Å²) < 4.78 is 1.97. The highest BCUT2D eigenvalue weighted by Crippen LogP contribution is 2.15. The molecule has 0 aliphatic rings. The molecule has 0 aliphatic carbocycles. The lowest BCUT2D eigenvalue weighted by atomic mass is 10.1. The summed E-state index contributed by atoms with van der Waals surface area (Å²) in [6.45, 7) is 5.20. The third-order valence-corrected chi connectivity index (χ3v) is 3.54. The first-order valence-electron chi connectivity index (χ1n) is 6.75. The third kappa shape index (κ3) is 3.43. The van der Waals surface area contributed by atoms with Gasteiger partial charge in [0.05, 0.1) is 12.6 Å². The van der Waals surface area contributed by atoms with Crippen LogP contribution < -0.4 is 0 Å². The molecule has 1 N–H and O–H groups in total. The number of likely N-dealkylation sites (N-methyl/N-ethyl adjacent to an activating group) is 1. The van der Waals surface area contributed by atoms with E-state index in [1.165, 1.54) is 5.56 Å². The summed E-state index contributed by atoms with van der Waals surface area (Å²) in [6.07, 6.45) is -0.491. The van der Waals surface area contributed by atoms with Gasteiger partial charge in [-0.1, -0.05) is 29.8 Å². The molecular formula is C15H22N4O. The van der Waals surface area contributed by atoms with E-state index in [1.807, 2.05) is 61.7 Å². The standard InChI is InChI=1S/C15H22N4O/c1-11-5-7-13(8-6-11)14(20)9-18(3)10-15-17-16-12(2)19(15)4/h5-8,14,20H,9-10H2,1-4H3. The molecule has 1 atom stereocenters. The van der Waals surface area contributed by atoms with Crippen LogP contribution in [0.3, 0.4) is 0 Å². The van der Waals surface area contributed by atoms with E-state index in [-0.39, 0.29) is 0 Å². The fourth-order valence-electron chi connectivity index (χ4n) is 2.08. The zero-order valence-corrected chi connectivity index (χ0v) is 12.5. The first-order valence-corrected chi connectivity index (χ1v) is 6.75. The summed E-state index contributed by atoms with van der Waals surface area (Å²) >= 11 is 0. The van der Waals surface area contributed by atoms with Gasteiger partial charge in [-0.25, -0.2) is 0 Å². The van der Waals surface area contributed by atoms with Crippen LogP contribution in [0.4, 0.5) is 0 Å². The Balaban J connectivity index is 1.95. The average Bonchev–Trinajstić information content (AvgIpc) is 2.71. The molecule has 0 fully saturated rings. The highest BCUT2D eigenvalue weighted by molar-refractivity contribution is 5.23. The van der Waals surface area contributed by atoms with E-state index in [2.05, 4.69) is 10.2 Å². The Bertz CT molecular complexity index is 562. The third-order valence-electron chi connectivity index (χ3n) is 3.54. The first kappa shape index (κ1) is 14.7. The number of rotatable bonds is 5. The van der Waals surface area contributed by atoms with Gasteiger partial charge < -0.3 is 9.67 Å². The van der Waals surface area contributed by atoms with E-state index >= 15 is 0 Å². The monoisotopic (exact) mass is 274 g/mol. The van der Waals surface area contributed by atoms with Gasteiger partial charge in [0.1, 0.15) is 11.6 Å². The van der Waals surface area contributed by atoms with Gasteiger partial charge in [-0.05, 0) is 26.5 Å². The normalized spacial score (nSPS) is 12.9. The Morgan fingerprint density at radius 3 is 2.40 bits per heavy atom. The molecule has 0 radical (unpaired) electrons. The van der Waals surface area contributed by atoms with Gasteiger partial charge in [0.25, 0.3) is 0 Å².